The second-order valence-electron chi connectivity index (χ2n) is 13.0. The maximum Gasteiger partial charge on any atom is 0.338 e. The summed E-state index contributed by atoms with van der Waals surface area (Å²) in [6.07, 6.45) is 2.90. The first-order chi connectivity index (χ1) is 20.7. The van der Waals surface area contributed by atoms with Gasteiger partial charge < -0.3 is 20.1 Å². The molecule has 0 aromatic heterocycles. The molecule has 3 aromatic carbocycles. The molecule has 0 spiro atoms. The van der Waals surface area contributed by atoms with E-state index in [-0.39, 0.29) is 18.4 Å². The molecule has 3 aromatic rings. The Balaban J connectivity index is 1.53. The van der Waals surface area contributed by atoms with Crippen molar-refractivity contribution in [3.63, 3.8) is 0 Å². The first kappa shape index (κ1) is 32.7. The first-order valence-electron chi connectivity index (χ1n) is 15.1. The summed E-state index contributed by atoms with van der Waals surface area (Å²) in [5.41, 5.74) is 4.74. The van der Waals surface area contributed by atoms with Crippen LogP contribution in [0.4, 0.5) is 0 Å². The van der Waals surface area contributed by atoms with Crippen LogP contribution in [0.1, 0.15) is 70.7 Å². The third-order valence-corrected chi connectivity index (χ3v) is 7.80. The Labute approximate surface area is 261 Å². The lowest BCUT2D eigenvalue weighted by molar-refractivity contribution is -0.162. The average molecular weight is 597 g/mol. The Kier molecular flexibility index (Phi) is 10.1. The van der Waals surface area contributed by atoms with Gasteiger partial charge in [-0.05, 0) is 53.5 Å². The third kappa shape index (κ3) is 8.23. The minimum atomic E-state index is -1.15. The molecule has 4 atom stereocenters. The van der Waals surface area contributed by atoms with Crippen LogP contribution in [-0.2, 0) is 23.9 Å². The molecule has 0 radical (unpaired) electrons. The van der Waals surface area contributed by atoms with E-state index in [0.29, 0.717) is 0 Å². The van der Waals surface area contributed by atoms with Crippen molar-refractivity contribution in [2.24, 2.45) is 11.3 Å². The second kappa shape index (κ2) is 13.6. The third-order valence-electron chi connectivity index (χ3n) is 7.80. The number of hydrogen-bond acceptors (Lipinski definition) is 5. The Hall–Kier alpha value is -4.23. The molecule has 1 saturated heterocycles. The van der Waals surface area contributed by atoms with Crippen molar-refractivity contribution in [1.82, 2.24) is 10.6 Å². The fourth-order valence-corrected chi connectivity index (χ4v) is 5.42. The van der Waals surface area contributed by atoms with E-state index < -0.39 is 41.1 Å². The van der Waals surface area contributed by atoms with Crippen molar-refractivity contribution in [2.75, 3.05) is 0 Å². The highest BCUT2D eigenvalue weighted by Crippen LogP contribution is 2.31. The van der Waals surface area contributed by atoms with E-state index in [2.05, 4.69) is 41.8 Å². The lowest BCUT2D eigenvalue weighted by Gasteiger charge is -2.33. The average Bonchev–Trinajstić information content (AvgIpc) is 3.25. The molecule has 7 heteroatoms. The van der Waals surface area contributed by atoms with Crippen LogP contribution in [0, 0.1) is 18.3 Å². The summed E-state index contributed by atoms with van der Waals surface area (Å²) in [7, 11) is 0. The van der Waals surface area contributed by atoms with Crippen molar-refractivity contribution in [1.29, 1.82) is 0 Å². The SMILES string of the molecule is Cc1cc(C=CC[C@@H](C(=O)N[C@H](C(=O)N[C@H](C)c2ccccc2)C(C)(C)C)[C@@H]2OC(C)(C)OC2=O)ccc1-c1ccccc1. The first-order valence-corrected chi connectivity index (χ1v) is 15.1. The number of allylic oxidation sites excluding steroid dienone is 1. The molecular weight excluding hydrogens is 552 g/mol. The van der Waals surface area contributed by atoms with Crippen molar-refractivity contribution < 1.29 is 23.9 Å². The van der Waals surface area contributed by atoms with E-state index in [1.165, 1.54) is 0 Å². The van der Waals surface area contributed by atoms with Gasteiger partial charge in [-0.3, -0.25) is 9.59 Å². The van der Waals surface area contributed by atoms with E-state index >= 15 is 0 Å². The van der Waals surface area contributed by atoms with E-state index in [1.54, 1.807) is 13.8 Å². The number of amides is 2. The van der Waals surface area contributed by atoms with Crippen LogP contribution >= 0.6 is 0 Å². The second-order valence-corrected chi connectivity index (χ2v) is 13.0. The van der Waals surface area contributed by atoms with Gasteiger partial charge in [-0.1, -0.05) is 112 Å². The summed E-state index contributed by atoms with van der Waals surface area (Å²) in [4.78, 5) is 40.3. The maximum absolute atomic E-state index is 13.9. The van der Waals surface area contributed by atoms with Gasteiger partial charge in [-0.25, -0.2) is 4.79 Å². The Morgan fingerprint density at radius 1 is 0.932 bits per heavy atom. The van der Waals surface area contributed by atoms with Gasteiger partial charge in [0.05, 0.1) is 12.0 Å². The molecule has 2 N–H and O–H groups in total. The van der Waals surface area contributed by atoms with Gasteiger partial charge >= 0.3 is 5.97 Å². The standard InChI is InChI=1S/C37H44N2O5/c1-24-23-26(21-22-29(24)28-18-12-9-13-19-28)15-14-20-30(31-35(42)44-37(6,7)43-31)33(40)39-32(36(3,4)5)34(41)38-25(2)27-16-10-8-11-17-27/h8-19,21-23,25,30-32H,20H2,1-7H3,(H,38,41)(H,39,40)/t25-,30-,31+,32-/m1/s1. The number of aryl methyl sites for hydroxylation is 1. The lowest BCUT2D eigenvalue weighted by atomic mass is 9.85. The monoisotopic (exact) mass is 596 g/mol. The number of esters is 1. The number of cyclic esters (lactones) is 1. The number of nitrogens with one attached hydrogen (secondary N) is 2. The summed E-state index contributed by atoms with van der Waals surface area (Å²) < 4.78 is 11.3. The van der Waals surface area contributed by atoms with Crippen molar-refractivity contribution in [3.05, 3.63) is 102 Å². The molecule has 44 heavy (non-hydrogen) atoms. The molecule has 1 heterocycles. The molecule has 232 valence electrons. The van der Waals surface area contributed by atoms with Gasteiger partial charge in [0.1, 0.15) is 6.04 Å². The maximum atomic E-state index is 13.9. The molecule has 1 aliphatic rings. The molecule has 1 aliphatic heterocycles. The quantitative estimate of drug-likeness (QED) is 0.252. The van der Waals surface area contributed by atoms with Crippen LogP contribution in [0.3, 0.4) is 0 Å². The predicted molar refractivity (Wildman–Crippen MR) is 173 cm³/mol. The number of hydrogen-bond donors (Lipinski definition) is 2. The predicted octanol–water partition coefficient (Wildman–Crippen LogP) is 6.77. The zero-order valence-electron chi connectivity index (χ0n) is 26.7. The fraction of sp³-hybridized carbons (Fsp3) is 0.378. The zero-order chi connectivity index (χ0) is 32.1. The zero-order valence-corrected chi connectivity index (χ0v) is 26.7. The molecular formula is C37H44N2O5. The summed E-state index contributed by atoms with van der Waals surface area (Å²) in [6, 6.07) is 24.9. The van der Waals surface area contributed by atoms with Crippen LogP contribution < -0.4 is 10.6 Å². The lowest BCUT2D eigenvalue weighted by Crippen LogP contribution is -2.56. The molecule has 7 nitrogen and oxygen atoms in total. The number of ether oxygens (including phenoxy) is 2. The van der Waals surface area contributed by atoms with Crippen LogP contribution in [0.25, 0.3) is 17.2 Å². The molecule has 4 rings (SSSR count). The molecule has 2 amide bonds. The minimum Gasteiger partial charge on any atom is -0.432 e. The van der Waals surface area contributed by atoms with Crippen molar-refractivity contribution in [2.45, 2.75) is 78.9 Å². The van der Waals surface area contributed by atoms with Gasteiger partial charge in [0.2, 0.25) is 17.6 Å². The summed E-state index contributed by atoms with van der Waals surface area (Å²) in [5, 5.41) is 5.98. The fourth-order valence-electron chi connectivity index (χ4n) is 5.42. The highest BCUT2D eigenvalue weighted by molar-refractivity contribution is 5.92. The Morgan fingerprint density at radius 2 is 1.57 bits per heavy atom. The van der Waals surface area contributed by atoms with Gasteiger partial charge in [0, 0.05) is 13.8 Å². The topological polar surface area (TPSA) is 93.7 Å². The van der Waals surface area contributed by atoms with E-state index in [9.17, 15) is 14.4 Å². The number of carbonyl (C=O) groups is 3. The van der Waals surface area contributed by atoms with Crippen molar-refractivity contribution in [3.8, 4) is 11.1 Å². The smallest absolute Gasteiger partial charge is 0.338 e. The van der Waals surface area contributed by atoms with E-state index in [1.807, 2.05) is 94.4 Å². The molecule has 0 unspecified atom stereocenters. The molecule has 0 saturated carbocycles. The highest BCUT2D eigenvalue weighted by Gasteiger charge is 2.48. The van der Waals surface area contributed by atoms with Crippen LogP contribution in [0.15, 0.2) is 84.9 Å². The normalized spacial score (nSPS) is 18.3. The van der Waals surface area contributed by atoms with Gasteiger partial charge in [0.25, 0.3) is 0 Å². The Morgan fingerprint density at radius 3 is 2.14 bits per heavy atom. The largest absolute Gasteiger partial charge is 0.432 e. The molecule has 0 bridgehead atoms. The van der Waals surface area contributed by atoms with Gasteiger partial charge in [0.15, 0.2) is 6.10 Å². The minimum absolute atomic E-state index is 0.208. The summed E-state index contributed by atoms with van der Waals surface area (Å²) in [6.45, 7) is 12.9. The Bertz CT molecular complexity index is 1490. The van der Waals surface area contributed by atoms with Crippen molar-refractivity contribution >= 4 is 23.9 Å². The van der Waals surface area contributed by atoms with Crippen LogP contribution in [0.5, 0.6) is 0 Å². The van der Waals surface area contributed by atoms with E-state index in [4.69, 9.17) is 9.47 Å². The number of benzene rings is 3. The molecule has 1 fully saturated rings. The molecule has 0 aliphatic carbocycles. The summed E-state index contributed by atoms with van der Waals surface area (Å²) >= 11 is 0. The van der Waals surface area contributed by atoms with Crippen LogP contribution in [0.2, 0.25) is 0 Å². The van der Waals surface area contributed by atoms with Gasteiger partial charge in [-0.2, -0.15) is 0 Å². The number of carbonyl (C=O) groups excluding carboxylic acids is 3. The summed E-state index contributed by atoms with van der Waals surface area (Å²) in [5.74, 6) is -3.41. The van der Waals surface area contributed by atoms with Gasteiger partial charge in [-0.15, -0.1) is 0 Å². The van der Waals surface area contributed by atoms with E-state index in [0.717, 1.165) is 27.8 Å². The van der Waals surface area contributed by atoms with Crippen LogP contribution in [-0.4, -0.2) is 35.7 Å². The number of rotatable bonds is 10. The highest BCUT2D eigenvalue weighted by atomic mass is 16.8.